The molecule has 2 rings (SSSR count). The Hall–Kier alpha value is -1.13. The Kier molecular flexibility index (Phi) is 10.2. The van der Waals surface area contributed by atoms with Crippen molar-refractivity contribution >= 4 is 24.2 Å². The van der Waals surface area contributed by atoms with E-state index < -0.39 is 72.9 Å². The number of rotatable bonds is 3. The van der Waals surface area contributed by atoms with Gasteiger partial charge in [-0.2, -0.15) is 0 Å². The van der Waals surface area contributed by atoms with Gasteiger partial charge in [0.15, 0.2) is 6.29 Å². The number of aliphatic hydroxyl groups is 5. The van der Waals surface area contributed by atoms with Gasteiger partial charge in [-0.1, -0.05) is 0 Å². The molecule has 1 aliphatic heterocycles. The fourth-order valence-electron chi connectivity index (χ4n) is 3.02. The summed E-state index contributed by atoms with van der Waals surface area (Å²) in [5, 5.41) is 57.8. The molecule has 0 aromatic carbocycles. The molecule has 2 aliphatic rings. The first-order chi connectivity index (χ1) is 12.0. The number of carboxylic acid groups (broad SMARTS) is 1. The monoisotopic (exact) mass is 433 g/mol. The summed E-state index contributed by atoms with van der Waals surface area (Å²) in [6, 6.07) is -1.46. The van der Waals surface area contributed by atoms with E-state index in [1.165, 1.54) is 0 Å². The van der Waals surface area contributed by atoms with Crippen molar-refractivity contribution in [3.8, 4) is 0 Å². The number of hydrogen-bond donors (Lipinski definition) is 8. The molecular weight excluding hydrogens is 406 g/mol. The number of aliphatic hydroxyl groups excluding tert-OH is 5. The van der Waals surface area contributed by atoms with Crippen LogP contribution in [0.2, 0.25) is 0 Å². The highest BCUT2D eigenvalue weighted by atomic mass is 35.5. The average molecular weight is 434 g/mol. The van der Waals surface area contributed by atoms with E-state index >= 15 is 0 Å². The van der Waals surface area contributed by atoms with Crippen molar-refractivity contribution in [1.82, 2.24) is 0 Å². The molecule has 0 radical (unpaired) electrons. The molecule has 10 atom stereocenters. The zero-order valence-corrected chi connectivity index (χ0v) is 15.7. The molecule has 0 spiro atoms. The lowest BCUT2D eigenvalue weighted by atomic mass is 9.84. The van der Waals surface area contributed by atoms with E-state index in [0.717, 1.165) is 0 Å². The lowest BCUT2D eigenvalue weighted by molar-refractivity contribution is -0.293. The first-order valence-electron chi connectivity index (χ1n) is 8.08. The lowest BCUT2D eigenvalue weighted by Gasteiger charge is -2.45. The Morgan fingerprint density at radius 2 is 1.54 bits per heavy atom. The van der Waals surface area contributed by atoms with Gasteiger partial charge in [0.2, 0.25) is 5.84 Å². The van der Waals surface area contributed by atoms with Gasteiger partial charge in [-0.05, 0) is 13.3 Å². The van der Waals surface area contributed by atoms with Crippen LogP contribution in [-0.2, 0) is 14.3 Å². The standard InChI is InChI=1S/C14H25N3O9.ClH.H2O/c1-3-5(17-12(16)13(23)24)2-4(15)14(25-3)26-11-9(21)7(19)6(18)8(20)10(11)22;;/h3-11,14,18-22H,2,15H2,1H3,(H2,16,17)(H,23,24);1H;1H2/t3-,4+,5?,6?,7+,8+,9-,10+,11?,14-;;/m1../s1. The second-order valence-corrected chi connectivity index (χ2v) is 6.55. The molecule has 0 bridgehead atoms. The molecule has 1 heterocycles. The van der Waals surface area contributed by atoms with Crippen molar-refractivity contribution in [2.45, 2.75) is 74.4 Å². The molecular formula is C14H28ClN3O10. The second-order valence-electron chi connectivity index (χ2n) is 6.55. The zero-order valence-electron chi connectivity index (χ0n) is 14.9. The van der Waals surface area contributed by atoms with Gasteiger partial charge in [-0.15, -0.1) is 12.4 Å². The van der Waals surface area contributed by atoms with Crippen LogP contribution >= 0.6 is 12.4 Å². The summed E-state index contributed by atoms with van der Waals surface area (Å²) < 4.78 is 11.0. The topological polar surface area (TPSA) is 253 Å². The predicted octanol–water partition coefficient (Wildman–Crippen LogP) is -4.94. The Morgan fingerprint density at radius 3 is 2.00 bits per heavy atom. The molecule has 28 heavy (non-hydrogen) atoms. The molecule has 14 heteroatoms. The predicted molar refractivity (Wildman–Crippen MR) is 95.7 cm³/mol. The van der Waals surface area contributed by atoms with Crippen LogP contribution in [0.25, 0.3) is 0 Å². The number of hydrogen-bond acceptors (Lipinski definition) is 10. The van der Waals surface area contributed by atoms with Crippen molar-refractivity contribution in [1.29, 1.82) is 0 Å². The summed E-state index contributed by atoms with van der Waals surface area (Å²) >= 11 is 0. The number of aliphatic imine (C=N–C) groups is 1. The quantitative estimate of drug-likeness (QED) is 0.154. The maximum atomic E-state index is 10.8. The smallest absolute Gasteiger partial charge is 0.370 e. The first kappa shape index (κ1) is 26.9. The largest absolute Gasteiger partial charge is 0.475 e. The third kappa shape index (κ3) is 5.48. The molecule has 3 unspecified atom stereocenters. The van der Waals surface area contributed by atoms with Crippen molar-refractivity contribution in [3.63, 3.8) is 0 Å². The van der Waals surface area contributed by atoms with Crippen LogP contribution in [-0.4, -0.2) is 109 Å². The van der Waals surface area contributed by atoms with E-state index in [1.54, 1.807) is 6.92 Å². The minimum atomic E-state index is -1.74. The lowest BCUT2D eigenvalue weighted by Crippen LogP contribution is -2.66. The van der Waals surface area contributed by atoms with E-state index in [9.17, 15) is 30.3 Å². The molecule has 12 N–H and O–H groups in total. The maximum Gasteiger partial charge on any atom is 0.370 e. The maximum absolute atomic E-state index is 10.8. The van der Waals surface area contributed by atoms with Crippen molar-refractivity contribution < 1.29 is 50.4 Å². The summed E-state index contributed by atoms with van der Waals surface area (Å²) in [5.74, 6) is -1.96. The SMILES string of the molecule is C[C@H]1O[C@H](OC2[C@@H](O)[C@@H](O)C(O)[C@H](O)[C@H]2O)[C@@H](N)CC1N=C(N)C(=O)O.Cl.O. The number of halogens is 1. The molecule has 1 saturated heterocycles. The summed E-state index contributed by atoms with van der Waals surface area (Å²) in [4.78, 5) is 14.6. The van der Waals surface area contributed by atoms with Gasteiger partial charge in [-0.25, -0.2) is 4.79 Å². The van der Waals surface area contributed by atoms with Crippen molar-refractivity contribution in [2.75, 3.05) is 0 Å². The van der Waals surface area contributed by atoms with Crippen LogP contribution in [0, 0.1) is 0 Å². The van der Waals surface area contributed by atoms with Gasteiger partial charge in [0.05, 0.1) is 18.2 Å². The van der Waals surface area contributed by atoms with Crippen LogP contribution in [0.1, 0.15) is 13.3 Å². The van der Waals surface area contributed by atoms with Gasteiger partial charge >= 0.3 is 5.97 Å². The molecule has 0 aromatic heterocycles. The third-order valence-corrected chi connectivity index (χ3v) is 4.64. The van der Waals surface area contributed by atoms with E-state index in [-0.39, 0.29) is 24.3 Å². The Balaban J connectivity index is 0.00000364. The highest BCUT2D eigenvalue weighted by Gasteiger charge is 2.50. The average Bonchev–Trinajstić information content (AvgIpc) is 2.58. The van der Waals surface area contributed by atoms with Crippen LogP contribution in [0.5, 0.6) is 0 Å². The Labute approximate surface area is 166 Å². The first-order valence-corrected chi connectivity index (χ1v) is 8.08. The summed E-state index contributed by atoms with van der Waals surface area (Å²) in [6.07, 6.45) is -11.7. The molecule has 2 fully saturated rings. The molecule has 13 nitrogen and oxygen atoms in total. The molecule has 166 valence electrons. The van der Waals surface area contributed by atoms with Crippen LogP contribution in [0.4, 0.5) is 0 Å². The van der Waals surface area contributed by atoms with Gasteiger partial charge in [0, 0.05) is 0 Å². The number of carboxylic acids is 1. The van der Waals surface area contributed by atoms with Gasteiger partial charge < -0.3 is 57.1 Å². The Morgan fingerprint density at radius 1 is 1.07 bits per heavy atom. The third-order valence-electron chi connectivity index (χ3n) is 4.64. The number of carbonyl (C=O) groups is 1. The molecule has 0 aromatic rings. The van der Waals surface area contributed by atoms with E-state index in [0.29, 0.717) is 0 Å². The number of nitrogens with zero attached hydrogens (tertiary/aromatic N) is 1. The van der Waals surface area contributed by atoms with E-state index in [4.69, 9.17) is 26.0 Å². The van der Waals surface area contributed by atoms with Crippen LogP contribution in [0.15, 0.2) is 4.99 Å². The fraction of sp³-hybridized carbons (Fsp3) is 0.857. The van der Waals surface area contributed by atoms with Gasteiger partial charge in [-0.3, -0.25) is 4.99 Å². The normalized spacial score (nSPS) is 44.2. The summed E-state index contributed by atoms with van der Waals surface area (Å²) in [6.45, 7) is 1.59. The summed E-state index contributed by atoms with van der Waals surface area (Å²) in [5.41, 5.74) is 11.2. The number of nitrogens with two attached hydrogens (primary N) is 2. The van der Waals surface area contributed by atoms with E-state index in [1.807, 2.05) is 0 Å². The number of amidine groups is 1. The minimum absolute atomic E-state index is 0. The minimum Gasteiger partial charge on any atom is -0.475 e. The second kappa shape index (κ2) is 10.6. The van der Waals surface area contributed by atoms with Crippen molar-refractivity contribution in [2.24, 2.45) is 16.5 Å². The zero-order chi connectivity index (χ0) is 19.8. The molecule has 1 saturated carbocycles. The highest BCUT2D eigenvalue weighted by molar-refractivity contribution is 6.33. The summed E-state index contributed by atoms with van der Waals surface area (Å²) in [7, 11) is 0. The van der Waals surface area contributed by atoms with Gasteiger partial charge in [0.1, 0.15) is 36.6 Å². The van der Waals surface area contributed by atoms with Gasteiger partial charge in [0.25, 0.3) is 0 Å². The Bertz CT molecular complexity index is 539. The number of aliphatic carboxylic acids is 1. The van der Waals surface area contributed by atoms with Crippen molar-refractivity contribution in [3.05, 3.63) is 0 Å². The van der Waals surface area contributed by atoms with E-state index in [2.05, 4.69) is 4.99 Å². The number of ether oxygens (including phenoxy) is 2. The fourth-order valence-corrected chi connectivity index (χ4v) is 3.02. The van der Waals surface area contributed by atoms with Crippen LogP contribution < -0.4 is 11.5 Å². The van der Waals surface area contributed by atoms with Crippen LogP contribution in [0.3, 0.4) is 0 Å². The highest BCUT2D eigenvalue weighted by Crippen LogP contribution is 2.29. The molecule has 1 aliphatic carbocycles. The molecule has 0 amide bonds.